The fourth-order valence-corrected chi connectivity index (χ4v) is 4.77. The van der Waals surface area contributed by atoms with Gasteiger partial charge in [-0.05, 0) is 62.3 Å². The average Bonchev–Trinajstić information content (AvgIpc) is 2.89. The Hall–Kier alpha value is -0.0400. The molecule has 3 saturated carbocycles. The summed E-state index contributed by atoms with van der Waals surface area (Å²) in [5.41, 5.74) is 0. The fraction of sp³-hybridized carbons (Fsp3) is 1.00. The van der Waals surface area contributed by atoms with Gasteiger partial charge in [0.05, 0.1) is 0 Å². The van der Waals surface area contributed by atoms with Gasteiger partial charge in [-0.15, -0.1) is 0 Å². The number of hydrogen-bond donors (Lipinski definition) is 1. The summed E-state index contributed by atoms with van der Waals surface area (Å²) >= 11 is 0. The van der Waals surface area contributed by atoms with Gasteiger partial charge in [-0.1, -0.05) is 19.8 Å². The lowest BCUT2D eigenvalue weighted by Gasteiger charge is -2.32. The molecule has 0 aromatic carbocycles. The zero-order chi connectivity index (χ0) is 10.3. The van der Waals surface area contributed by atoms with Gasteiger partial charge >= 0.3 is 0 Å². The molecule has 0 aliphatic heterocycles. The average molecular weight is 207 g/mol. The van der Waals surface area contributed by atoms with Crippen LogP contribution in [0.4, 0.5) is 0 Å². The van der Waals surface area contributed by atoms with Crippen LogP contribution < -0.4 is 5.32 Å². The van der Waals surface area contributed by atoms with E-state index in [0.717, 1.165) is 29.7 Å². The number of fused-ring (bicyclic) bond motifs is 5. The summed E-state index contributed by atoms with van der Waals surface area (Å²) in [6.45, 7) is 3.55. The first-order valence-electron chi connectivity index (χ1n) is 7.13. The molecular weight excluding hydrogens is 182 g/mol. The molecule has 3 aliphatic rings. The molecule has 0 unspecified atom stereocenters. The van der Waals surface area contributed by atoms with Crippen molar-refractivity contribution in [3.63, 3.8) is 0 Å². The highest BCUT2D eigenvalue weighted by Crippen LogP contribution is 2.58. The SMILES string of the molecule is CCCCN[C@H]1C[C@@H]2C[C@@H]1[C@H]1CCC[C@H]21. The maximum Gasteiger partial charge on any atom is 0.0101 e. The molecule has 0 amide bonds. The van der Waals surface area contributed by atoms with Gasteiger partial charge in [0.15, 0.2) is 0 Å². The second-order valence-electron chi connectivity index (χ2n) is 6.07. The second kappa shape index (κ2) is 4.08. The summed E-state index contributed by atoms with van der Waals surface area (Å²) < 4.78 is 0. The third-order valence-corrected chi connectivity index (χ3v) is 5.37. The quantitative estimate of drug-likeness (QED) is 0.698. The van der Waals surface area contributed by atoms with E-state index in [-0.39, 0.29) is 0 Å². The topological polar surface area (TPSA) is 12.0 Å². The molecule has 1 heteroatoms. The Labute approximate surface area is 94.0 Å². The van der Waals surface area contributed by atoms with Crippen molar-refractivity contribution in [3.8, 4) is 0 Å². The number of rotatable bonds is 4. The molecule has 3 rings (SSSR count). The fourth-order valence-electron chi connectivity index (χ4n) is 4.77. The third-order valence-electron chi connectivity index (χ3n) is 5.37. The molecule has 0 spiro atoms. The van der Waals surface area contributed by atoms with E-state index in [2.05, 4.69) is 12.2 Å². The molecule has 2 bridgehead atoms. The van der Waals surface area contributed by atoms with E-state index in [9.17, 15) is 0 Å². The highest BCUT2D eigenvalue weighted by atomic mass is 14.9. The largest absolute Gasteiger partial charge is 0.314 e. The minimum atomic E-state index is 0.904. The molecule has 0 aromatic heterocycles. The van der Waals surface area contributed by atoms with Crippen molar-refractivity contribution in [1.82, 2.24) is 5.32 Å². The number of unbranched alkanes of at least 4 members (excludes halogenated alkanes) is 1. The standard InChI is InChI=1S/C14H25N/c1-2-3-7-15-14-9-10-8-13(14)12-6-4-5-11(10)12/h10-15H,2-9H2,1H3/t10-,11+,12-,13+,14-/m0/s1. The summed E-state index contributed by atoms with van der Waals surface area (Å²) in [5, 5.41) is 3.83. The van der Waals surface area contributed by atoms with Gasteiger partial charge in [-0.3, -0.25) is 0 Å². The molecular formula is C14H25N. The van der Waals surface area contributed by atoms with E-state index in [4.69, 9.17) is 0 Å². The number of nitrogens with one attached hydrogen (secondary N) is 1. The van der Waals surface area contributed by atoms with Crippen LogP contribution in [0.25, 0.3) is 0 Å². The van der Waals surface area contributed by atoms with Crippen LogP contribution in [0.5, 0.6) is 0 Å². The molecule has 3 aliphatic carbocycles. The predicted octanol–water partition coefficient (Wildman–Crippen LogP) is 3.20. The van der Waals surface area contributed by atoms with Crippen LogP contribution in [0.2, 0.25) is 0 Å². The summed E-state index contributed by atoms with van der Waals surface area (Å²) in [5.74, 6) is 4.46. The van der Waals surface area contributed by atoms with Crippen LogP contribution in [-0.2, 0) is 0 Å². The van der Waals surface area contributed by atoms with Crippen LogP contribution in [-0.4, -0.2) is 12.6 Å². The highest BCUT2D eigenvalue weighted by molar-refractivity contribution is 5.05. The van der Waals surface area contributed by atoms with Gasteiger partial charge in [0.25, 0.3) is 0 Å². The Bertz CT molecular complexity index is 225. The molecule has 0 saturated heterocycles. The summed E-state index contributed by atoms with van der Waals surface area (Å²) in [7, 11) is 0. The molecule has 15 heavy (non-hydrogen) atoms. The first-order valence-corrected chi connectivity index (χ1v) is 7.13. The van der Waals surface area contributed by atoms with Crippen molar-refractivity contribution < 1.29 is 0 Å². The van der Waals surface area contributed by atoms with E-state index in [1.807, 2.05) is 0 Å². The summed E-state index contributed by atoms with van der Waals surface area (Å²) in [6, 6.07) is 0.904. The summed E-state index contributed by atoms with van der Waals surface area (Å²) in [6.07, 6.45) is 10.4. The van der Waals surface area contributed by atoms with Crippen molar-refractivity contribution in [1.29, 1.82) is 0 Å². The lowest BCUT2D eigenvalue weighted by Crippen LogP contribution is -2.39. The number of hydrogen-bond acceptors (Lipinski definition) is 1. The van der Waals surface area contributed by atoms with Gasteiger partial charge in [-0.2, -0.15) is 0 Å². The van der Waals surface area contributed by atoms with Gasteiger partial charge in [-0.25, -0.2) is 0 Å². The van der Waals surface area contributed by atoms with Gasteiger partial charge in [0, 0.05) is 6.04 Å². The van der Waals surface area contributed by atoms with E-state index >= 15 is 0 Å². The van der Waals surface area contributed by atoms with Crippen LogP contribution in [0.15, 0.2) is 0 Å². The molecule has 0 aromatic rings. The third kappa shape index (κ3) is 1.63. The monoisotopic (exact) mass is 207 g/mol. The second-order valence-corrected chi connectivity index (χ2v) is 6.07. The molecule has 5 atom stereocenters. The summed E-state index contributed by atoms with van der Waals surface area (Å²) in [4.78, 5) is 0. The Morgan fingerprint density at radius 1 is 1.07 bits per heavy atom. The molecule has 0 radical (unpaired) electrons. The zero-order valence-corrected chi connectivity index (χ0v) is 10.0. The Kier molecular flexibility index (Phi) is 2.76. The predicted molar refractivity (Wildman–Crippen MR) is 63.7 cm³/mol. The van der Waals surface area contributed by atoms with Crippen molar-refractivity contribution in [2.24, 2.45) is 23.7 Å². The Balaban J connectivity index is 1.56. The lowest BCUT2D eigenvalue weighted by atomic mass is 9.79. The van der Waals surface area contributed by atoms with E-state index in [1.165, 1.54) is 32.2 Å². The Morgan fingerprint density at radius 3 is 2.80 bits per heavy atom. The van der Waals surface area contributed by atoms with Crippen molar-refractivity contribution in [3.05, 3.63) is 0 Å². The molecule has 1 N–H and O–H groups in total. The molecule has 0 heterocycles. The first kappa shape index (κ1) is 10.1. The van der Waals surface area contributed by atoms with Crippen molar-refractivity contribution >= 4 is 0 Å². The minimum absolute atomic E-state index is 0.904. The van der Waals surface area contributed by atoms with Gasteiger partial charge in [0.2, 0.25) is 0 Å². The van der Waals surface area contributed by atoms with Gasteiger partial charge < -0.3 is 5.32 Å². The smallest absolute Gasteiger partial charge is 0.0101 e. The maximum atomic E-state index is 3.83. The maximum absolute atomic E-state index is 3.83. The lowest BCUT2D eigenvalue weighted by molar-refractivity contribution is 0.209. The first-order chi connectivity index (χ1) is 7.40. The highest BCUT2D eigenvalue weighted by Gasteiger charge is 2.53. The zero-order valence-electron chi connectivity index (χ0n) is 10.0. The molecule has 86 valence electrons. The van der Waals surface area contributed by atoms with E-state index in [0.29, 0.717) is 0 Å². The van der Waals surface area contributed by atoms with E-state index < -0.39 is 0 Å². The van der Waals surface area contributed by atoms with Crippen LogP contribution >= 0.6 is 0 Å². The van der Waals surface area contributed by atoms with E-state index in [1.54, 1.807) is 19.3 Å². The minimum Gasteiger partial charge on any atom is -0.314 e. The van der Waals surface area contributed by atoms with Crippen LogP contribution in [0.1, 0.15) is 51.9 Å². The molecule has 1 nitrogen and oxygen atoms in total. The normalized spacial score (nSPS) is 47.4. The van der Waals surface area contributed by atoms with Gasteiger partial charge in [0.1, 0.15) is 0 Å². The van der Waals surface area contributed by atoms with Crippen LogP contribution in [0, 0.1) is 23.7 Å². The Morgan fingerprint density at radius 2 is 1.93 bits per heavy atom. The molecule has 3 fully saturated rings. The van der Waals surface area contributed by atoms with Crippen molar-refractivity contribution in [2.45, 2.75) is 57.9 Å². The van der Waals surface area contributed by atoms with Crippen molar-refractivity contribution in [2.75, 3.05) is 6.54 Å². The van der Waals surface area contributed by atoms with Crippen LogP contribution in [0.3, 0.4) is 0 Å².